The minimum absolute atomic E-state index is 0.0724. The minimum atomic E-state index is -0.885. The number of carbonyl (C=O) groups excluding carboxylic acids is 4. The summed E-state index contributed by atoms with van der Waals surface area (Å²) in [7, 11) is 0. The van der Waals surface area contributed by atoms with Crippen LogP contribution < -0.4 is 16.4 Å². The maximum absolute atomic E-state index is 15.4. The summed E-state index contributed by atoms with van der Waals surface area (Å²) in [6.07, 6.45) is 4.21. The summed E-state index contributed by atoms with van der Waals surface area (Å²) in [4.78, 5) is 49.1. The second-order valence-corrected chi connectivity index (χ2v) is 13.1. The van der Waals surface area contributed by atoms with Gasteiger partial charge in [0, 0.05) is 29.9 Å². The van der Waals surface area contributed by atoms with E-state index < -0.39 is 29.4 Å². The lowest BCUT2D eigenvalue weighted by atomic mass is 9.75. The maximum atomic E-state index is 15.4. The van der Waals surface area contributed by atoms with Crippen molar-refractivity contribution in [2.75, 3.05) is 11.9 Å². The number of rotatable bonds is 7. The Morgan fingerprint density at radius 2 is 1.79 bits per heavy atom. The number of esters is 1. The third-order valence-corrected chi connectivity index (χ3v) is 7.57. The highest BCUT2D eigenvalue weighted by Gasteiger charge is 2.35. The fourth-order valence-electron chi connectivity index (χ4n) is 5.83. The monoisotopic (exact) mass is 584 g/mol. The standard InChI is InChI=1S/C31H41FN4O6/c1-17-16-36(23-13-31(5,6)14-24(37)26(17)23)19-11-21(32)27(28(33)39)22(12-19)35-18-7-9-20(10-8-18)41-25(38)15-34-29(40)42-30(2,3)4/h11-12,16,18,20,35H,7-10,13-15H2,1-6H3,(H2,33,39)(H,34,40). The average molecular weight is 585 g/mol. The molecule has 4 N–H and O–H groups in total. The van der Waals surface area contributed by atoms with Gasteiger partial charge in [0.2, 0.25) is 0 Å². The highest BCUT2D eigenvalue weighted by molar-refractivity contribution is 6.01. The first-order valence-electron chi connectivity index (χ1n) is 14.3. The van der Waals surface area contributed by atoms with Gasteiger partial charge in [0.1, 0.15) is 24.1 Å². The van der Waals surface area contributed by atoms with Crippen LogP contribution in [0.25, 0.3) is 5.69 Å². The van der Waals surface area contributed by atoms with Gasteiger partial charge in [-0.05, 0) is 82.9 Å². The normalized spacial score (nSPS) is 19.9. The van der Waals surface area contributed by atoms with Crippen molar-refractivity contribution in [3.63, 3.8) is 0 Å². The van der Waals surface area contributed by atoms with Crippen LogP contribution in [0.5, 0.6) is 0 Å². The number of hydrogen-bond donors (Lipinski definition) is 3. The summed E-state index contributed by atoms with van der Waals surface area (Å²) < 4.78 is 27.8. The zero-order valence-corrected chi connectivity index (χ0v) is 25.2. The molecule has 1 aromatic heterocycles. The molecule has 11 heteroatoms. The number of alkyl carbamates (subject to hydrolysis) is 1. The lowest BCUT2D eigenvalue weighted by molar-refractivity contribution is -0.149. The molecular weight excluding hydrogens is 543 g/mol. The summed E-state index contributed by atoms with van der Waals surface area (Å²) in [6.45, 7) is 10.8. The molecule has 0 aliphatic heterocycles. The van der Waals surface area contributed by atoms with Crippen molar-refractivity contribution < 1.29 is 33.0 Å². The molecule has 1 aromatic carbocycles. The smallest absolute Gasteiger partial charge is 0.408 e. The van der Waals surface area contributed by atoms with Crippen LogP contribution in [-0.2, 0) is 20.7 Å². The van der Waals surface area contributed by atoms with Crippen LogP contribution in [-0.4, -0.2) is 52.6 Å². The van der Waals surface area contributed by atoms with Gasteiger partial charge < -0.3 is 30.4 Å². The highest BCUT2D eigenvalue weighted by atomic mass is 19.1. The Hall–Kier alpha value is -3.89. The lowest BCUT2D eigenvalue weighted by Gasteiger charge is -2.31. The molecule has 0 saturated heterocycles. The third-order valence-electron chi connectivity index (χ3n) is 7.57. The summed E-state index contributed by atoms with van der Waals surface area (Å²) in [5.74, 6) is -2.12. The summed E-state index contributed by atoms with van der Waals surface area (Å²) in [5.41, 5.74) is 7.55. The predicted octanol–water partition coefficient (Wildman–Crippen LogP) is 4.97. The number of ketones is 1. The van der Waals surface area contributed by atoms with Crippen LogP contribution in [0.4, 0.5) is 14.9 Å². The molecule has 0 unspecified atom stereocenters. The van der Waals surface area contributed by atoms with Gasteiger partial charge in [-0.25, -0.2) is 9.18 Å². The molecule has 0 spiro atoms. The van der Waals surface area contributed by atoms with Gasteiger partial charge in [0.25, 0.3) is 5.91 Å². The lowest BCUT2D eigenvalue weighted by Crippen LogP contribution is -2.38. The number of ether oxygens (including phenoxy) is 2. The molecule has 0 radical (unpaired) electrons. The Labute approximate surface area is 245 Å². The number of anilines is 1. The topological polar surface area (TPSA) is 142 Å². The Morgan fingerprint density at radius 3 is 2.40 bits per heavy atom. The Morgan fingerprint density at radius 1 is 1.12 bits per heavy atom. The first-order valence-corrected chi connectivity index (χ1v) is 14.3. The van der Waals surface area contributed by atoms with Gasteiger partial charge in [0.15, 0.2) is 5.78 Å². The number of primary amides is 1. The molecule has 2 aliphatic rings. The van der Waals surface area contributed by atoms with E-state index in [1.54, 1.807) is 26.8 Å². The van der Waals surface area contributed by atoms with E-state index in [9.17, 15) is 19.2 Å². The number of carbonyl (C=O) groups is 4. The summed E-state index contributed by atoms with van der Waals surface area (Å²) >= 11 is 0. The first kappa shape index (κ1) is 31.1. The fraction of sp³-hybridized carbons (Fsp3) is 0.548. The number of nitrogens with two attached hydrogens (primary N) is 1. The molecule has 1 saturated carbocycles. The number of nitrogens with zero attached hydrogens (tertiary/aromatic N) is 1. The van der Waals surface area contributed by atoms with Crippen molar-refractivity contribution in [1.29, 1.82) is 0 Å². The third kappa shape index (κ3) is 7.30. The van der Waals surface area contributed by atoms with Crippen molar-refractivity contribution in [3.8, 4) is 5.69 Å². The van der Waals surface area contributed by atoms with Gasteiger partial charge in [-0.1, -0.05) is 13.8 Å². The van der Waals surface area contributed by atoms with E-state index in [0.717, 1.165) is 11.3 Å². The Bertz CT molecular complexity index is 1400. The van der Waals surface area contributed by atoms with Crippen LogP contribution in [0, 0.1) is 18.2 Å². The van der Waals surface area contributed by atoms with E-state index in [2.05, 4.69) is 10.6 Å². The van der Waals surface area contributed by atoms with Gasteiger partial charge >= 0.3 is 12.1 Å². The zero-order valence-electron chi connectivity index (χ0n) is 25.2. The quantitative estimate of drug-likeness (QED) is 0.390. The molecule has 2 aliphatic carbocycles. The summed E-state index contributed by atoms with van der Waals surface area (Å²) in [5, 5.41) is 5.68. The largest absolute Gasteiger partial charge is 0.461 e. The number of hydrogen-bond acceptors (Lipinski definition) is 7. The van der Waals surface area contributed by atoms with E-state index >= 15 is 4.39 Å². The molecule has 0 atom stereocenters. The molecule has 228 valence electrons. The zero-order chi connectivity index (χ0) is 31.0. The van der Waals surface area contributed by atoms with E-state index in [0.29, 0.717) is 49.8 Å². The number of halogens is 1. The van der Waals surface area contributed by atoms with Crippen LogP contribution in [0.15, 0.2) is 18.3 Å². The van der Waals surface area contributed by atoms with E-state index in [1.807, 2.05) is 31.5 Å². The molecule has 42 heavy (non-hydrogen) atoms. The molecule has 1 heterocycles. The van der Waals surface area contributed by atoms with Gasteiger partial charge in [-0.3, -0.25) is 14.4 Å². The number of Topliss-reactive ketones (excluding diaryl/α,β-unsaturated/α-hetero) is 1. The Kier molecular flexibility index (Phi) is 8.71. The van der Waals surface area contributed by atoms with Gasteiger partial charge in [-0.15, -0.1) is 0 Å². The number of nitrogens with one attached hydrogen (secondary N) is 2. The van der Waals surface area contributed by atoms with Crippen molar-refractivity contribution >= 4 is 29.4 Å². The second-order valence-electron chi connectivity index (χ2n) is 13.1. The molecule has 4 rings (SSSR count). The number of amides is 2. The molecule has 2 amide bonds. The van der Waals surface area contributed by atoms with E-state index in [-0.39, 0.29) is 41.1 Å². The first-order chi connectivity index (χ1) is 19.5. The minimum Gasteiger partial charge on any atom is -0.461 e. The molecular formula is C31H41FN4O6. The SMILES string of the molecule is Cc1cn(-c2cc(F)c(C(N)=O)c(NC3CCC(OC(=O)CNC(=O)OC(C)(C)C)CC3)c2)c2c1C(=O)CC(C)(C)C2. The molecule has 1 fully saturated rings. The maximum Gasteiger partial charge on any atom is 0.408 e. The van der Waals surface area contributed by atoms with Crippen molar-refractivity contribution in [3.05, 3.63) is 46.5 Å². The van der Waals surface area contributed by atoms with E-state index in [1.165, 1.54) is 6.07 Å². The summed E-state index contributed by atoms with van der Waals surface area (Å²) in [6, 6.07) is 2.86. The van der Waals surface area contributed by atoms with Crippen molar-refractivity contribution in [1.82, 2.24) is 9.88 Å². The average Bonchev–Trinajstić information content (AvgIpc) is 3.17. The van der Waals surface area contributed by atoms with E-state index in [4.69, 9.17) is 15.2 Å². The fourth-order valence-corrected chi connectivity index (χ4v) is 5.83. The number of aryl methyl sites for hydroxylation is 1. The second kappa shape index (κ2) is 11.8. The van der Waals surface area contributed by atoms with Crippen LogP contribution in [0.3, 0.4) is 0 Å². The predicted molar refractivity (Wildman–Crippen MR) is 155 cm³/mol. The molecule has 0 bridgehead atoms. The highest BCUT2D eigenvalue weighted by Crippen LogP contribution is 2.39. The number of benzene rings is 1. The number of aromatic nitrogens is 1. The molecule has 2 aromatic rings. The van der Waals surface area contributed by atoms with Gasteiger partial charge in [0.05, 0.1) is 16.9 Å². The van der Waals surface area contributed by atoms with Crippen LogP contribution in [0.2, 0.25) is 0 Å². The van der Waals surface area contributed by atoms with Crippen LogP contribution in [0.1, 0.15) is 98.7 Å². The van der Waals surface area contributed by atoms with Crippen molar-refractivity contribution in [2.45, 2.75) is 97.8 Å². The molecule has 10 nitrogen and oxygen atoms in total. The van der Waals surface area contributed by atoms with Crippen LogP contribution >= 0.6 is 0 Å². The van der Waals surface area contributed by atoms with Gasteiger partial charge in [-0.2, -0.15) is 0 Å². The number of fused-ring (bicyclic) bond motifs is 1. The Balaban J connectivity index is 1.45. The van der Waals surface area contributed by atoms with Crippen molar-refractivity contribution in [2.24, 2.45) is 11.1 Å².